The Morgan fingerprint density at radius 3 is 2.54 bits per heavy atom. The Hall–Kier alpha value is -2.25. The fourth-order valence-corrected chi connectivity index (χ4v) is 2.81. The number of halogens is 2. The summed E-state index contributed by atoms with van der Waals surface area (Å²) in [4.78, 5) is 36.3. The topological polar surface area (TPSA) is 93.7 Å². The molecule has 0 spiro atoms. The van der Waals surface area contributed by atoms with Gasteiger partial charge in [0.1, 0.15) is 6.61 Å². The highest BCUT2D eigenvalue weighted by atomic mass is 35.5. The molecular weight excluding hydrogens is 383 g/mol. The Balaban J connectivity index is 2.24. The number of urea groups is 1. The zero-order valence-corrected chi connectivity index (χ0v) is 15.7. The first kappa shape index (κ1) is 20.1. The van der Waals surface area contributed by atoms with Gasteiger partial charge in [0.05, 0.1) is 34.5 Å². The summed E-state index contributed by atoms with van der Waals surface area (Å²) in [6.45, 7) is 3.34. The summed E-state index contributed by atoms with van der Waals surface area (Å²) in [5.74, 6) is -1.31. The summed E-state index contributed by atoms with van der Waals surface area (Å²) in [6.07, 6.45) is 0.471. The molecule has 2 amide bonds. The van der Waals surface area contributed by atoms with Crippen LogP contribution in [-0.2, 0) is 14.3 Å². The van der Waals surface area contributed by atoms with Crippen LogP contribution in [0.25, 0.3) is 0 Å². The van der Waals surface area contributed by atoms with Crippen LogP contribution in [0.4, 0.5) is 4.79 Å². The SMILES string of the molecule is CCOC(=O)C1=C(COC(=O)c2cc(Cl)ccc2Cl)NC(=O)N[C@@H]1CC. The van der Waals surface area contributed by atoms with Crippen LogP contribution in [0.15, 0.2) is 29.5 Å². The summed E-state index contributed by atoms with van der Waals surface area (Å²) in [5, 5.41) is 5.64. The highest BCUT2D eigenvalue weighted by Crippen LogP contribution is 2.22. The van der Waals surface area contributed by atoms with E-state index in [4.69, 9.17) is 32.7 Å². The van der Waals surface area contributed by atoms with E-state index in [0.717, 1.165) is 0 Å². The van der Waals surface area contributed by atoms with Crippen molar-refractivity contribution in [2.24, 2.45) is 0 Å². The summed E-state index contributed by atoms with van der Waals surface area (Å²) in [5.41, 5.74) is 0.481. The fraction of sp³-hybridized carbons (Fsp3) is 0.353. The van der Waals surface area contributed by atoms with Crippen LogP contribution in [0, 0.1) is 0 Å². The van der Waals surface area contributed by atoms with Gasteiger partial charge in [-0.2, -0.15) is 0 Å². The van der Waals surface area contributed by atoms with Crippen molar-refractivity contribution in [3.63, 3.8) is 0 Å². The second kappa shape index (κ2) is 8.91. The lowest BCUT2D eigenvalue weighted by Crippen LogP contribution is -2.51. The molecule has 0 unspecified atom stereocenters. The molecule has 7 nitrogen and oxygen atoms in total. The van der Waals surface area contributed by atoms with Crippen molar-refractivity contribution in [1.82, 2.24) is 10.6 Å². The molecule has 1 aliphatic rings. The van der Waals surface area contributed by atoms with Gasteiger partial charge in [-0.25, -0.2) is 14.4 Å². The van der Waals surface area contributed by atoms with Crippen molar-refractivity contribution < 1.29 is 23.9 Å². The second-order valence-corrected chi connectivity index (χ2v) is 6.22. The molecule has 9 heteroatoms. The van der Waals surface area contributed by atoms with Crippen LogP contribution in [0.3, 0.4) is 0 Å². The van der Waals surface area contributed by atoms with Crippen LogP contribution < -0.4 is 10.6 Å². The van der Waals surface area contributed by atoms with Gasteiger partial charge in [0.15, 0.2) is 0 Å². The number of benzene rings is 1. The molecule has 1 aromatic rings. The molecule has 1 heterocycles. The summed E-state index contributed by atoms with van der Waals surface area (Å²) in [6, 6.07) is 3.37. The van der Waals surface area contributed by atoms with Crippen LogP contribution in [0.1, 0.15) is 30.6 Å². The third-order valence-electron chi connectivity index (χ3n) is 3.64. The van der Waals surface area contributed by atoms with Gasteiger partial charge in [-0.05, 0) is 31.5 Å². The summed E-state index contributed by atoms with van der Waals surface area (Å²) >= 11 is 11.8. The number of esters is 2. The number of amides is 2. The highest BCUT2D eigenvalue weighted by molar-refractivity contribution is 6.35. The number of carbonyl (C=O) groups excluding carboxylic acids is 3. The molecule has 0 bridgehead atoms. The number of carbonyl (C=O) groups is 3. The second-order valence-electron chi connectivity index (χ2n) is 5.37. The molecule has 0 aromatic heterocycles. The van der Waals surface area contributed by atoms with Gasteiger partial charge >= 0.3 is 18.0 Å². The molecule has 0 saturated carbocycles. The van der Waals surface area contributed by atoms with E-state index in [1.807, 2.05) is 6.92 Å². The standard InChI is InChI=1S/C17H18Cl2N2O5/c1-3-12-14(16(23)25-4-2)13(21-17(24)20-12)8-26-15(22)10-7-9(18)5-6-11(10)19/h5-7,12H,3-4,8H2,1-2H3,(H2,20,21,24)/t12-/m1/s1. The van der Waals surface area contributed by atoms with Crippen molar-refractivity contribution >= 4 is 41.2 Å². The maximum Gasteiger partial charge on any atom is 0.340 e. The quantitative estimate of drug-likeness (QED) is 0.715. The van der Waals surface area contributed by atoms with Crippen LogP contribution >= 0.6 is 23.2 Å². The monoisotopic (exact) mass is 400 g/mol. The van der Waals surface area contributed by atoms with E-state index in [-0.39, 0.29) is 35.1 Å². The predicted octanol–water partition coefficient (Wildman–Crippen LogP) is 3.06. The van der Waals surface area contributed by atoms with E-state index in [1.54, 1.807) is 13.0 Å². The van der Waals surface area contributed by atoms with Crippen molar-refractivity contribution in [1.29, 1.82) is 0 Å². The number of hydrogen-bond acceptors (Lipinski definition) is 5. The first-order chi connectivity index (χ1) is 12.4. The molecule has 1 atom stereocenters. The third kappa shape index (κ3) is 4.68. The number of nitrogens with one attached hydrogen (secondary N) is 2. The minimum absolute atomic E-state index is 0.0877. The summed E-state index contributed by atoms with van der Waals surface area (Å²) < 4.78 is 10.3. The average molecular weight is 401 g/mol. The van der Waals surface area contributed by atoms with E-state index < -0.39 is 24.0 Å². The molecular formula is C17H18Cl2N2O5. The minimum Gasteiger partial charge on any atom is -0.463 e. The number of ether oxygens (including phenoxy) is 2. The average Bonchev–Trinajstić information content (AvgIpc) is 2.61. The number of hydrogen-bond donors (Lipinski definition) is 2. The Kier molecular flexibility index (Phi) is 6.88. The van der Waals surface area contributed by atoms with Crippen molar-refractivity contribution in [3.05, 3.63) is 45.1 Å². The molecule has 2 rings (SSSR count). The van der Waals surface area contributed by atoms with Gasteiger partial charge in [-0.3, -0.25) is 0 Å². The fourth-order valence-electron chi connectivity index (χ4n) is 2.44. The van der Waals surface area contributed by atoms with Gasteiger partial charge in [-0.15, -0.1) is 0 Å². The first-order valence-corrected chi connectivity index (χ1v) is 8.72. The first-order valence-electron chi connectivity index (χ1n) is 7.97. The van der Waals surface area contributed by atoms with E-state index in [0.29, 0.717) is 11.4 Å². The zero-order valence-electron chi connectivity index (χ0n) is 14.2. The van der Waals surface area contributed by atoms with E-state index in [2.05, 4.69) is 10.6 Å². The molecule has 0 radical (unpaired) electrons. The zero-order chi connectivity index (χ0) is 19.3. The smallest absolute Gasteiger partial charge is 0.340 e. The Morgan fingerprint density at radius 1 is 1.15 bits per heavy atom. The number of rotatable bonds is 6. The molecule has 0 saturated heterocycles. The lowest BCUT2D eigenvalue weighted by atomic mass is 10.0. The van der Waals surface area contributed by atoms with Gasteiger partial charge in [-0.1, -0.05) is 30.1 Å². The Morgan fingerprint density at radius 2 is 1.88 bits per heavy atom. The van der Waals surface area contributed by atoms with Crippen molar-refractivity contribution in [2.75, 3.05) is 13.2 Å². The lowest BCUT2D eigenvalue weighted by molar-refractivity contribution is -0.139. The van der Waals surface area contributed by atoms with Gasteiger partial charge in [0.2, 0.25) is 0 Å². The summed E-state index contributed by atoms with van der Waals surface area (Å²) in [7, 11) is 0. The van der Waals surface area contributed by atoms with E-state index in [1.165, 1.54) is 12.1 Å². The van der Waals surface area contributed by atoms with Crippen molar-refractivity contribution in [2.45, 2.75) is 26.3 Å². The van der Waals surface area contributed by atoms with E-state index in [9.17, 15) is 14.4 Å². The van der Waals surface area contributed by atoms with Crippen LogP contribution in [0.2, 0.25) is 10.0 Å². The molecule has 0 aliphatic carbocycles. The predicted molar refractivity (Wildman–Crippen MR) is 96.1 cm³/mol. The third-order valence-corrected chi connectivity index (χ3v) is 4.21. The maximum atomic E-state index is 12.3. The van der Waals surface area contributed by atoms with Crippen LogP contribution in [-0.4, -0.2) is 37.2 Å². The molecule has 1 aliphatic heterocycles. The van der Waals surface area contributed by atoms with Gasteiger partial charge in [0, 0.05) is 5.02 Å². The molecule has 0 fully saturated rings. The molecule has 140 valence electrons. The van der Waals surface area contributed by atoms with Crippen LogP contribution in [0.5, 0.6) is 0 Å². The lowest BCUT2D eigenvalue weighted by Gasteiger charge is -2.28. The Labute approximate surface area is 160 Å². The maximum absolute atomic E-state index is 12.3. The van der Waals surface area contributed by atoms with Gasteiger partial charge in [0.25, 0.3) is 0 Å². The normalized spacial score (nSPS) is 16.6. The highest BCUT2D eigenvalue weighted by Gasteiger charge is 2.32. The minimum atomic E-state index is -0.728. The largest absolute Gasteiger partial charge is 0.463 e. The Bertz CT molecular complexity index is 764. The molecule has 26 heavy (non-hydrogen) atoms. The molecule has 1 aromatic carbocycles. The van der Waals surface area contributed by atoms with Crippen molar-refractivity contribution in [3.8, 4) is 0 Å². The molecule has 2 N–H and O–H groups in total. The van der Waals surface area contributed by atoms with E-state index >= 15 is 0 Å². The van der Waals surface area contributed by atoms with Gasteiger partial charge < -0.3 is 20.1 Å².